The second-order valence-corrected chi connectivity index (χ2v) is 6.46. The average Bonchev–Trinajstić information content (AvgIpc) is 3.02. The van der Waals surface area contributed by atoms with Crippen molar-refractivity contribution >= 4 is 17.3 Å². The number of nitrogens with zero attached hydrogens (tertiary/aromatic N) is 4. The van der Waals surface area contributed by atoms with Gasteiger partial charge in [0.2, 0.25) is 0 Å². The molecule has 2 aromatic heterocycles. The fourth-order valence-electron chi connectivity index (χ4n) is 2.17. The SMILES string of the molecule is Cc1nnc(COC(=O)c2csc(C(C)C)n2)n1C1CC1. The van der Waals surface area contributed by atoms with Gasteiger partial charge in [0.05, 0.1) is 5.01 Å². The van der Waals surface area contributed by atoms with Crippen LogP contribution in [0.5, 0.6) is 0 Å². The Bertz CT molecular complexity index is 658. The number of thiazole rings is 1. The van der Waals surface area contributed by atoms with E-state index in [4.69, 9.17) is 4.74 Å². The minimum atomic E-state index is -0.402. The Morgan fingerprint density at radius 2 is 2.24 bits per heavy atom. The van der Waals surface area contributed by atoms with Crippen molar-refractivity contribution < 1.29 is 9.53 Å². The van der Waals surface area contributed by atoms with E-state index in [1.54, 1.807) is 5.38 Å². The number of esters is 1. The molecule has 2 heterocycles. The molecule has 0 bridgehead atoms. The molecule has 0 amide bonds. The first-order chi connectivity index (χ1) is 10.1. The Morgan fingerprint density at radius 1 is 1.48 bits per heavy atom. The molecule has 1 fully saturated rings. The summed E-state index contributed by atoms with van der Waals surface area (Å²) in [6.07, 6.45) is 2.29. The molecule has 0 spiro atoms. The Labute approximate surface area is 127 Å². The lowest BCUT2D eigenvalue weighted by Crippen LogP contribution is -2.10. The van der Waals surface area contributed by atoms with Gasteiger partial charge in [0.25, 0.3) is 0 Å². The van der Waals surface area contributed by atoms with Gasteiger partial charge in [0, 0.05) is 17.3 Å². The third kappa shape index (κ3) is 2.97. The van der Waals surface area contributed by atoms with Crippen molar-refractivity contribution in [3.8, 4) is 0 Å². The highest BCUT2D eigenvalue weighted by Crippen LogP contribution is 2.36. The van der Waals surface area contributed by atoms with Gasteiger partial charge in [-0.15, -0.1) is 21.5 Å². The van der Waals surface area contributed by atoms with Gasteiger partial charge in [0.1, 0.15) is 5.82 Å². The van der Waals surface area contributed by atoms with Crippen LogP contribution in [0.3, 0.4) is 0 Å². The quantitative estimate of drug-likeness (QED) is 0.794. The topological polar surface area (TPSA) is 69.9 Å². The summed E-state index contributed by atoms with van der Waals surface area (Å²) in [6.45, 7) is 6.17. The fourth-order valence-corrected chi connectivity index (χ4v) is 2.97. The number of carbonyl (C=O) groups excluding carboxylic acids is 1. The van der Waals surface area contributed by atoms with Crippen molar-refractivity contribution in [1.82, 2.24) is 19.7 Å². The first kappa shape index (κ1) is 14.2. The van der Waals surface area contributed by atoms with Crippen LogP contribution in [-0.4, -0.2) is 25.7 Å². The third-order valence-corrected chi connectivity index (χ3v) is 4.55. The number of hydrogen-bond donors (Lipinski definition) is 0. The zero-order valence-corrected chi connectivity index (χ0v) is 13.2. The maximum atomic E-state index is 12.0. The van der Waals surface area contributed by atoms with Crippen molar-refractivity contribution in [1.29, 1.82) is 0 Å². The molecular formula is C14H18N4O2S. The lowest BCUT2D eigenvalue weighted by atomic mass is 10.2. The van der Waals surface area contributed by atoms with Gasteiger partial charge >= 0.3 is 5.97 Å². The maximum Gasteiger partial charge on any atom is 0.358 e. The van der Waals surface area contributed by atoms with Gasteiger partial charge in [-0.2, -0.15) is 0 Å². The molecule has 0 unspecified atom stereocenters. The smallest absolute Gasteiger partial charge is 0.358 e. The highest BCUT2D eigenvalue weighted by Gasteiger charge is 2.28. The van der Waals surface area contributed by atoms with E-state index in [9.17, 15) is 4.79 Å². The molecule has 2 aromatic rings. The fraction of sp³-hybridized carbons (Fsp3) is 0.571. The second kappa shape index (κ2) is 5.55. The number of carbonyl (C=O) groups is 1. The molecular weight excluding hydrogens is 288 g/mol. The molecule has 21 heavy (non-hydrogen) atoms. The van der Waals surface area contributed by atoms with Gasteiger partial charge in [-0.3, -0.25) is 0 Å². The van der Waals surface area contributed by atoms with Crippen LogP contribution < -0.4 is 0 Å². The number of aryl methyl sites for hydroxylation is 1. The van der Waals surface area contributed by atoms with Gasteiger partial charge in [0.15, 0.2) is 18.1 Å². The van der Waals surface area contributed by atoms with Gasteiger partial charge in [-0.1, -0.05) is 13.8 Å². The zero-order chi connectivity index (χ0) is 15.0. The lowest BCUT2D eigenvalue weighted by molar-refractivity contribution is 0.0451. The Morgan fingerprint density at radius 3 is 2.86 bits per heavy atom. The predicted octanol–water partition coefficient (Wildman–Crippen LogP) is 2.86. The van der Waals surface area contributed by atoms with E-state index >= 15 is 0 Å². The number of ether oxygens (including phenoxy) is 1. The van der Waals surface area contributed by atoms with Crippen LogP contribution in [-0.2, 0) is 11.3 Å². The van der Waals surface area contributed by atoms with Crippen molar-refractivity contribution in [3.05, 3.63) is 27.7 Å². The summed E-state index contributed by atoms with van der Waals surface area (Å²) in [5, 5.41) is 10.8. The molecule has 0 aromatic carbocycles. The standard InChI is InChI=1S/C14H18N4O2S/c1-8(2)13-15-11(7-21-13)14(19)20-6-12-17-16-9(3)18(12)10-4-5-10/h7-8,10H,4-6H2,1-3H3. The van der Waals surface area contributed by atoms with Crippen molar-refractivity contribution in [3.63, 3.8) is 0 Å². The van der Waals surface area contributed by atoms with Crippen LogP contribution >= 0.6 is 11.3 Å². The maximum absolute atomic E-state index is 12.0. The van der Waals surface area contributed by atoms with Crippen LogP contribution in [0, 0.1) is 6.92 Å². The minimum absolute atomic E-state index is 0.144. The summed E-state index contributed by atoms with van der Waals surface area (Å²) in [5.74, 6) is 1.50. The molecule has 0 aliphatic heterocycles. The van der Waals surface area contributed by atoms with Crippen molar-refractivity contribution in [2.45, 2.75) is 52.2 Å². The largest absolute Gasteiger partial charge is 0.453 e. The summed E-state index contributed by atoms with van der Waals surface area (Å²) in [6, 6.07) is 0.473. The van der Waals surface area contributed by atoms with E-state index in [0.717, 1.165) is 23.7 Å². The first-order valence-corrected chi connectivity index (χ1v) is 7.97. The number of hydrogen-bond acceptors (Lipinski definition) is 6. The molecule has 112 valence electrons. The second-order valence-electron chi connectivity index (χ2n) is 5.57. The summed E-state index contributed by atoms with van der Waals surface area (Å²) < 4.78 is 7.38. The normalized spacial score (nSPS) is 14.7. The minimum Gasteiger partial charge on any atom is -0.453 e. The summed E-state index contributed by atoms with van der Waals surface area (Å²) in [4.78, 5) is 16.3. The highest BCUT2D eigenvalue weighted by atomic mass is 32.1. The average molecular weight is 306 g/mol. The Kier molecular flexibility index (Phi) is 3.75. The predicted molar refractivity (Wildman–Crippen MR) is 78.4 cm³/mol. The van der Waals surface area contributed by atoms with Gasteiger partial charge in [-0.25, -0.2) is 9.78 Å². The first-order valence-electron chi connectivity index (χ1n) is 7.09. The van der Waals surface area contributed by atoms with Crippen molar-refractivity contribution in [2.24, 2.45) is 0 Å². The van der Waals surface area contributed by atoms with Gasteiger partial charge in [-0.05, 0) is 19.8 Å². The molecule has 0 saturated heterocycles. The van der Waals surface area contributed by atoms with E-state index in [1.165, 1.54) is 11.3 Å². The lowest BCUT2D eigenvalue weighted by Gasteiger charge is -2.07. The number of rotatable bonds is 5. The van der Waals surface area contributed by atoms with Gasteiger partial charge < -0.3 is 9.30 Å². The van der Waals surface area contributed by atoms with Crippen LogP contribution in [0.2, 0.25) is 0 Å². The Hall–Kier alpha value is -1.76. The summed E-state index contributed by atoms with van der Waals surface area (Å²) in [5.41, 5.74) is 0.373. The molecule has 1 aliphatic carbocycles. The van der Waals surface area contributed by atoms with E-state index in [1.807, 2.05) is 6.92 Å². The van der Waals surface area contributed by atoms with Crippen LogP contribution in [0.1, 0.15) is 65.8 Å². The van der Waals surface area contributed by atoms with Crippen LogP contribution in [0.15, 0.2) is 5.38 Å². The molecule has 0 atom stereocenters. The molecule has 7 heteroatoms. The molecule has 0 radical (unpaired) electrons. The van der Waals surface area contributed by atoms with E-state index in [0.29, 0.717) is 23.5 Å². The molecule has 1 aliphatic rings. The third-order valence-electron chi connectivity index (χ3n) is 3.41. The Balaban J connectivity index is 1.65. The zero-order valence-electron chi connectivity index (χ0n) is 12.4. The molecule has 3 rings (SSSR count). The van der Waals surface area contributed by atoms with E-state index < -0.39 is 5.97 Å². The van der Waals surface area contributed by atoms with Crippen LogP contribution in [0.25, 0.3) is 0 Å². The molecule has 0 N–H and O–H groups in total. The van der Waals surface area contributed by atoms with E-state index in [2.05, 4.69) is 33.6 Å². The summed E-state index contributed by atoms with van der Waals surface area (Å²) in [7, 11) is 0. The monoisotopic (exact) mass is 306 g/mol. The molecule has 1 saturated carbocycles. The summed E-state index contributed by atoms with van der Waals surface area (Å²) >= 11 is 1.48. The molecule has 6 nitrogen and oxygen atoms in total. The number of aromatic nitrogens is 4. The van der Waals surface area contributed by atoms with Crippen molar-refractivity contribution in [2.75, 3.05) is 0 Å². The highest BCUT2D eigenvalue weighted by molar-refractivity contribution is 7.09. The van der Waals surface area contributed by atoms with E-state index in [-0.39, 0.29) is 6.61 Å². The van der Waals surface area contributed by atoms with Crippen LogP contribution in [0.4, 0.5) is 0 Å².